The highest BCUT2D eigenvalue weighted by atomic mass is 19.1. The monoisotopic (exact) mass is 387 g/mol. The van der Waals surface area contributed by atoms with E-state index in [9.17, 15) is 9.18 Å². The van der Waals surface area contributed by atoms with E-state index in [-0.39, 0.29) is 22.6 Å². The van der Waals surface area contributed by atoms with Gasteiger partial charge in [0, 0.05) is 30.7 Å². The molecule has 0 spiro atoms. The third-order valence-electron chi connectivity index (χ3n) is 5.23. The molecule has 6 heteroatoms. The molecule has 0 aromatic heterocycles. The Morgan fingerprint density at radius 1 is 1.18 bits per heavy atom. The minimum Gasteiger partial charge on any atom is -0.494 e. The number of benzene rings is 2. The zero-order chi connectivity index (χ0) is 20.0. The summed E-state index contributed by atoms with van der Waals surface area (Å²) in [5.74, 6) is 0.0823. The molecule has 0 atom stereocenters. The van der Waals surface area contributed by atoms with E-state index in [1.54, 1.807) is 6.07 Å². The first-order valence-electron chi connectivity index (χ1n) is 9.51. The van der Waals surface area contributed by atoms with E-state index < -0.39 is 5.82 Å². The first kappa shape index (κ1) is 20.1. The van der Waals surface area contributed by atoms with Gasteiger partial charge < -0.3 is 19.5 Å². The van der Waals surface area contributed by atoms with Crippen molar-refractivity contribution in [2.24, 2.45) is 0 Å². The van der Waals surface area contributed by atoms with Crippen molar-refractivity contribution in [3.05, 3.63) is 59.4 Å². The van der Waals surface area contributed by atoms with E-state index >= 15 is 0 Å². The second kappa shape index (κ2) is 9.06. The molecule has 2 aromatic rings. The predicted octanol–water partition coefficient (Wildman–Crippen LogP) is 3.71. The quantitative estimate of drug-likeness (QED) is 0.787. The molecule has 0 radical (unpaired) electrons. The zero-order valence-electron chi connectivity index (χ0n) is 16.3. The van der Waals surface area contributed by atoms with Gasteiger partial charge in [0.1, 0.15) is 5.75 Å². The Balaban J connectivity index is 1.75. The van der Waals surface area contributed by atoms with Gasteiger partial charge in [0.2, 0.25) is 0 Å². The van der Waals surface area contributed by atoms with Crippen LogP contribution in [0.1, 0.15) is 35.7 Å². The molecule has 1 aliphatic rings. The van der Waals surface area contributed by atoms with Gasteiger partial charge in [0.05, 0.1) is 13.7 Å². The molecule has 3 rings (SSSR count). The summed E-state index contributed by atoms with van der Waals surface area (Å²) >= 11 is 0. The van der Waals surface area contributed by atoms with Crippen molar-refractivity contribution in [3.8, 4) is 11.5 Å². The fourth-order valence-corrected chi connectivity index (χ4v) is 3.56. The van der Waals surface area contributed by atoms with Gasteiger partial charge in [0.25, 0.3) is 5.91 Å². The lowest BCUT2D eigenvalue weighted by Crippen LogP contribution is -2.44. The summed E-state index contributed by atoms with van der Waals surface area (Å²) in [4.78, 5) is 12.6. The van der Waals surface area contributed by atoms with E-state index in [0.717, 1.165) is 24.2 Å². The lowest BCUT2D eigenvalue weighted by atomic mass is 9.74. The summed E-state index contributed by atoms with van der Waals surface area (Å²) in [6.07, 6.45) is 1.61. The number of ether oxygens (including phenoxy) is 3. The van der Waals surface area contributed by atoms with Crippen LogP contribution >= 0.6 is 0 Å². The highest BCUT2D eigenvalue weighted by molar-refractivity contribution is 5.94. The Hall–Kier alpha value is -2.60. The average Bonchev–Trinajstić information content (AvgIpc) is 2.73. The molecule has 0 saturated carbocycles. The van der Waals surface area contributed by atoms with Crippen LogP contribution in [-0.4, -0.2) is 39.4 Å². The molecular formula is C22H26FNO4. The molecule has 1 heterocycles. The number of carbonyl (C=O) groups is 1. The Kier molecular flexibility index (Phi) is 6.52. The van der Waals surface area contributed by atoms with Gasteiger partial charge in [-0.25, -0.2) is 4.39 Å². The van der Waals surface area contributed by atoms with Crippen LogP contribution in [0.15, 0.2) is 42.5 Å². The molecule has 0 unspecified atom stereocenters. The van der Waals surface area contributed by atoms with E-state index in [1.165, 1.54) is 19.2 Å². The van der Waals surface area contributed by atoms with Crippen LogP contribution in [0.2, 0.25) is 0 Å². The molecule has 1 aliphatic heterocycles. The number of hydrogen-bond donors (Lipinski definition) is 1. The van der Waals surface area contributed by atoms with Crippen LogP contribution in [-0.2, 0) is 10.2 Å². The van der Waals surface area contributed by atoms with Crippen molar-refractivity contribution in [3.63, 3.8) is 0 Å². The Morgan fingerprint density at radius 3 is 2.50 bits per heavy atom. The molecule has 0 bridgehead atoms. The maximum absolute atomic E-state index is 13.9. The summed E-state index contributed by atoms with van der Waals surface area (Å²) in [6, 6.07) is 12.2. The molecule has 2 aromatic carbocycles. The SMILES string of the molecule is CCOc1ccc(C2(CNC(=O)c3ccc(OC)c(F)c3)CCOCC2)cc1. The number of amides is 1. The van der Waals surface area contributed by atoms with Crippen molar-refractivity contribution in [1.29, 1.82) is 0 Å². The first-order valence-corrected chi connectivity index (χ1v) is 9.51. The number of nitrogens with one attached hydrogen (secondary N) is 1. The van der Waals surface area contributed by atoms with Crippen LogP contribution in [0, 0.1) is 5.82 Å². The van der Waals surface area contributed by atoms with Gasteiger partial charge in [-0.3, -0.25) is 4.79 Å². The molecule has 0 aliphatic carbocycles. The van der Waals surface area contributed by atoms with E-state index in [2.05, 4.69) is 17.4 Å². The third kappa shape index (κ3) is 4.44. The normalized spacial score (nSPS) is 15.7. The lowest BCUT2D eigenvalue weighted by molar-refractivity contribution is 0.0487. The maximum atomic E-state index is 13.9. The summed E-state index contributed by atoms with van der Waals surface area (Å²) in [5, 5.41) is 2.98. The molecule has 1 fully saturated rings. The Labute approximate surface area is 164 Å². The Bertz CT molecular complexity index is 801. The molecule has 150 valence electrons. The van der Waals surface area contributed by atoms with Crippen molar-refractivity contribution >= 4 is 5.91 Å². The minimum atomic E-state index is -0.553. The van der Waals surface area contributed by atoms with Gasteiger partial charge in [0.15, 0.2) is 11.6 Å². The highest BCUT2D eigenvalue weighted by Crippen LogP contribution is 2.35. The summed E-state index contributed by atoms with van der Waals surface area (Å²) in [5.41, 5.74) is 1.19. The summed E-state index contributed by atoms with van der Waals surface area (Å²) < 4.78 is 29.9. The zero-order valence-corrected chi connectivity index (χ0v) is 16.3. The van der Waals surface area contributed by atoms with Crippen LogP contribution in [0.5, 0.6) is 11.5 Å². The van der Waals surface area contributed by atoms with Gasteiger partial charge in [-0.05, 0) is 55.7 Å². The smallest absolute Gasteiger partial charge is 0.251 e. The molecule has 1 saturated heterocycles. The van der Waals surface area contributed by atoms with Crippen molar-refractivity contribution in [1.82, 2.24) is 5.32 Å². The second-order valence-corrected chi connectivity index (χ2v) is 6.88. The number of rotatable bonds is 7. The van der Waals surface area contributed by atoms with Crippen LogP contribution in [0.4, 0.5) is 4.39 Å². The third-order valence-corrected chi connectivity index (χ3v) is 5.23. The average molecular weight is 387 g/mol. The van der Waals surface area contributed by atoms with E-state index in [4.69, 9.17) is 14.2 Å². The molecule has 1 amide bonds. The van der Waals surface area contributed by atoms with E-state index in [1.807, 2.05) is 19.1 Å². The van der Waals surface area contributed by atoms with Gasteiger partial charge in [-0.2, -0.15) is 0 Å². The molecule has 1 N–H and O–H groups in total. The topological polar surface area (TPSA) is 56.8 Å². The summed E-state index contributed by atoms with van der Waals surface area (Å²) in [6.45, 7) is 4.30. The van der Waals surface area contributed by atoms with Gasteiger partial charge in [-0.15, -0.1) is 0 Å². The fraction of sp³-hybridized carbons (Fsp3) is 0.409. The number of carbonyl (C=O) groups excluding carboxylic acids is 1. The largest absolute Gasteiger partial charge is 0.494 e. The van der Waals surface area contributed by atoms with Crippen LogP contribution < -0.4 is 14.8 Å². The lowest BCUT2D eigenvalue weighted by Gasteiger charge is -2.38. The number of methoxy groups -OCH3 is 1. The van der Waals surface area contributed by atoms with Crippen LogP contribution in [0.25, 0.3) is 0 Å². The van der Waals surface area contributed by atoms with Crippen LogP contribution in [0.3, 0.4) is 0 Å². The Morgan fingerprint density at radius 2 is 1.89 bits per heavy atom. The first-order chi connectivity index (χ1) is 13.6. The predicted molar refractivity (Wildman–Crippen MR) is 105 cm³/mol. The number of hydrogen-bond acceptors (Lipinski definition) is 4. The van der Waals surface area contributed by atoms with Gasteiger partial charge >= 0.3 is 0 Å². The number of halogens is 1. The minimum absolute atomic E-state index is 0.117. The van der Waals surface area contributed by atoms with E-state index in [0.29, 0.717) is 26.4 Å². The van der Waals surface area contributed by atoms with Crippen molar-refractivity contribution in [2.75, 3.05) is 33.5 Å². The fourth-order valence-electron chi connectivity index (χ4n) is 3.56. The highest BCUT2D eigenvalue weighted by Gasteiger charge is 2.35. The summed E-state index contributed by atoms with van der Waals surface area (Å²) in [7, 11) is 1.39. The van der Waals surface area contributed by atoms with Gasteiger partial charge in [-0.1, -0.05) is 12.1 Å². The molecule has 5 nitrogen and oxygen atoms in total. The van der Waals surface area contributed by atoms with Crippen molar-refractivity contribution in [2.45, 2.75) is 25.2 Å². The molecule has 28 heavy (non-hydrogen) atoms. The standard InChI is InChI=1S/C22H26FNO4/c1-3-28-18-7-5-17(6-8-18)22(10-12-27-13-11-22)15-24-21(25)16-4-9-20(26-2)19(23)14-16/h4-9,14H,3,10-13,15H2,1-2H3,(H,24,25). The molecular weight excluding hydrogens is 361 g/mol. The second-order valence-electron chi connectivity index (χ2n) is 6.88. The van der Waals surface area contributed by atoms with Crippen molar-refractivity contribution < 1.29 is 23.4 Å². The maximum Gasteiger partial charge on any atom is 0.251 e.